The molecule has 0 spiro atoms. The highest BCUT2D eigenvalue weighted by Gasteiger charge is 2.28. The van der Waals surface area contributed by atoms with Crippen LogP contribution in [0.3, 0.4) is 0 Å². The van der Waals surface area contributed by atoms with Crippen molar-refractivity contribution in [3.63, 3.8) is 0 Å². The second-order valence-electron chi connectivity index (χ2n) is 5.69. The number of aromatic nitrogens is 2. The van der Waals surface area contributed by atoms with Gasteiger partial charge in [-0.05, 0) is 12.1 Å². The Hall–Kier alpha value is -2.04. The van der Waals surface area contributed by atoms with E-state index in [2.05, 4.69) is 36.2 Å². The Labute approximate surface area is 112 Å². The Balaban J connectivity index is 1.83. The highest BCUT2D eigenvalue weighted by Crippen LogP contribution is 2.33. The molecule has 0 amide bonds. The average Bonchev–Trinajstić information content (AvgIpc) is 2.87. The van der Waals surface area contributed by atoms with E-state index in [1.165, 1.54) is 0 Å². The van der Waals surface area contributed by atoms with E-state index < -0.39 is 0 Å². The third-order valence-corrected chi connectivity index (χ3v) is 3.02. The van der Waals surface area contributed by atoms with Crippen molar-refractivity contribution in [2.75, 3.05) is 11.9 Å². The molecule has 1 aliphatic rings. The first-order valence-corrected chi connectivity index (χ1v) is 6.38. The molecule has 0 saturated heterocycles. The van der Waals surface area contributed by atoms with Crippen LogP contribution in [0.25, 0.3) is 0 Å². The first kappa shape index (κ1) is 12.0. The molecule has 100 valence electrons. The summed E-state index contributed by atoms with van der Waals surface area (Å²) in [5.74, 6) is 2.03. The number of hydrogen-bond acceptors (Lipinski definition) is 5. The number of benzene rings is 1. The van der Waals surface area contributed by atoms with Crippen molar-refractivity contribution < 1.29 is 9.26 Å². The number of hydrogen-bond donors (Lipinski definition) is 1. The third kappa shape index (κ3) is 2.28. The molecule has 1 aromatic heterocycles. The van der Waals surface area contributed by atoms with Gasteiger partial charge in [0.2, 0.25) is 0 Å². The molecule has 1 atom stereocenters. The Morgan fingerprint density at radius 1 is 1.26 bits per heavy atom. The highest BCUT2D eigenvalue weighted by atomic mass is 16.5. The van der Waals surface area contributed by atoms with Gasteiger partial charge in [0.25, 0.3) is 5.89 Å². The molecule has 1 aliphatic heterocycles. The van der Waals surface area contributed by atoms with Gasteiger partial charge in [-0.2, -0.15) is 4.98 Å². The van der Waals surface area contributed by atoms with Crippen LogP contribution in [0.1, 0.15) is 38.6 Å². The summed E-state index contributed by atoms with van der Waals surface area (Å²) in [7, 11) is 0. The standard InChI is InChI=1S/C14H17N3O2/c1-14(2,3)13-16-12(19-17-13)11-8-15-9-6-4-5-7-10(9)18-11/h4-7,11,15H,8H2,1-3H3. The van der Waals surface area contributed by atoms with Gasteiger partial charge in [0.05, 0.1) is 12.2 Å². The molecule has 2 aromatic rings. The van der Waals surface area contributed by atoms with E-state index in [4.69, 9.17) is 9.26 Å². The summed E-state index contributed by atoms with van der Waals surface area (Å²) in [4.78, 5) is 4.44. The zero-order valence-electron chi connectivity index (χ0n) is 11.3. The van der Waals surface area contributed by atoms with Crippen molar-refractivity contribution in [3.8, 4) is 5.75 Å². The number of nitrogens with one attached hydrogen (secondary N) is 1. The normalized spacial score (nSPS) is 18.4. The van der Waals surface area contributed by atoms with E-state index in [-0.39, 0.29) is 11.5 Å². The van der Waals surface area contributed by atoms with Gasteiger partial charge < -0.3 is 14.6 Å². The number of rotatable bonds is 1. The molecule has 1 aromatic carbocycles. The lowest BCUT2D eigenvalue weighted by Crippen LogP contribution is -2.24. The molecule has 19 heavy (non-hydrogen) atoms. The molecule has 0 fully saturated rings. The largest absolute Gasteiger partial charge is 0.477 e. The number of para-hydroxylation sites is 2. The summed E-state index contributed by atoms with van der Waals surface area (Å²) in [5.41, 5.74) is 0.871. The second-order valence-corrected chi connectivity index (χ2v) is 5.69. The SMILES string of the molecule is CC(C)(C)c1noc(C2CNc3ccccc3O2)n1. The van der Waals surface area contributed by atoms with Crippen molar-refractivity contribution >= 4 is 5.69 Å². The van der Waals surface area contributed by atoms with Gasteiger partial charge in [-0.25, -0.2) is 0 Å². The molecule has 0 saturated carbocycles. The minimum atomic E-state index is -0.238. The molecule has 3 rings (SSSR count). The molecule has 5 nitrogen and oxygen atoms in total. The van der Waals surface area contributed by atoms with Gasteiger partial charge in [0.15, 0.2) is 11.9 Å². The van der Waals surface area contributed by atoms with Crippen molar-refractivity contribution in [1.82, 2.24) is 10.1 Å². The van der Waals surface area contributed by atoms with E-state index in [9.17, 15) is 0 Å². The maximum Gasteiger partial charge on any atom is 0.269 e. The minimum absolute atomic E-state index is 0.123. The number of fused-ring (bicyclic) bond motifs is 1. The zero-order valence-corrected chi connectivity index (χ0v) is 11.3. The van der Waals surface area contributed by atoms with Crippen LogP contribution < -0.4 is 10.1 Å². The van der Waals surface area contributed by atoms with Gasteiger partial charge in [-0.1, -0.05) is 38.1 Å². The first-order chi connectivity index (χ1) is 9.04. The lowest BCUT2D eigenvalue weighted by molar-refractivity contribution is 0.162. The molecular weight excluding hydrogens is 242 g/mol. The van der Waals surface area contributed by atoms with E-state index in [1.54, 1.807) is 0 Å². The zero-order chi connectivity index (χ0) is 13.5. The Morgan fingerprint density at radius 2 is 2.05 bits per heavy atom. The summed E-state index contributed by atoms with van der Waals surface area (Å²) in [6.45, 7) is 6.79. The van der Waals surface area contributed by atoms with Crippen molar-refractivity contribution in [1.29, 1.82) is 0 Å². The van der Waals surface area contributed by atoms with Crippen LogP contribution in [0.15, 0.2) is 28.8 Å². The predicted octanol–water partition coefficient (Wildman–Crippen LogP) is 2.91. The van der Waals surface area contributed by atoms with Crippen LogP contribution in [0.2, 0.25) is 0 Å². The Bertz CT molecular complexity index is 586. The van der Waals surface area contributed by atoms with E-state index in [0.29, 0.717) is 18.3 Å². The van der Waals surface area contributed by atoms with Crippen LogP contribution in [0.4, 0.5) is 5.69 Å². The highest BCUT2D eigenvalue weighted by molar-refractivity contribution is 5.57. The van der Waals surface area contributed by atoms with Gasteiger partial charge in [0, 0.05) is 5.41 Å². The maximum atomic E-state index is 5.89. The fraction of sp³-hybridized carbons (Fsp3) is 0.429. The van der Waals surface area contributed by atoms with Crippen LogP contribution in [-0.4, -0.2) is 16.7 Å². The molecule has 0 bridgehead atoms. The fourth-order valence-corrected chi connectivity index (χ4v) is 1.92. The summed E-state index contributed by atoms with van der Waals surface area (Å²) < 4.78 is 11.2. The lowest BCUT2D eigenvalue weighted by Gasteiger charge is -2.24. The van der Waals surface area contributed by atoms with Crippen LogP contribution >= 0.6 is 0 Å². The van der Waals surface area contributed by atoms with Crippen LogP contribution in [0, 0.1) is 0 Å². The lowest BCUT2D eigenvalue weighted by atomic mass is 9.96. The number of nitrogens with zero attached hydrogens (tertiary/aromatic N) is 2. The molecule has 1 unspecified atom stereocenters. The summed E-state index contributed by atoms with van der Waals surface area (Å²) >= 11 is 0. The predicted molar refractivity (Wildman–Crippen MR) is 71.3 cm³/mol. The summed E-state index contributed by atoms with van der Waals surface area (Å²) in [6.07, 6.45) is -0.238. The van der Waals surface area contributed by atoms with Crippen LogP contribution in [0.5, 0.6) is 5.75 Å². The van der Waals surface area contributed by atoms with Crippen molar-refractivity contribution in [2.45, 2.75) is 32.3 Å². The third-order valence-electron chi connectivity index (χ3n) is 3.02. The number of ether oxygens (including phenoxy) is 1. The van der Waals surface area contributed by atoms with Gasteiger partial charge >= 0.3 is 0 Å². The second kappa shape index (κ2) is 4.26. The maximum absolute atomic E-state index is 5.89. The van der Waals surface area contributed by atoms with Gasteiger partial charge in [0.1, 0.15) is 5.75 Å². The first-order valence-electron chi connectivity index (χ1n) is 6.38. The molecule has 0 aliphatic carbocycles. The minimum Gasteiger partial charge on any atom is -0.477 e. The van der Waals surface area contributed by atoms with E-state index in [0.717, 1.165) is 11.4 Å². The Morgan fingerprint density at radius 3 is 2.79 bits per heavy atom. The van der Waals surface area contributed by atoms with Gasteiger partial charge in [-0.3, -0.25) is 0 Å². The van der Waals surface area contributed by atoms with Crippen molar-refractivity contribution in [3.05, 3.63) is 36.0 Å². The Kier molecular flexibility index (Phi) is 2.69. The molecular formula is C14H17N3O2. The molecule has 1 N–H and O–H groups in total. The smallest absolute Gasteiger partial charge is 0.269 e. The van der Waals surface area contributed by atoms with E-state index in [1.807, 2.05) is 24.3 Å². The quantitative estimate of drug-likeness (QED) is 0.853. The molecule has 5 heteroatoms. The number of anilines is 1. The van der Waals surface area contributed by atoms with Crippen molar-refractivity contribution in [2.24, 2.45) is 0 Å². The summed E-state index contributed by atoms with van der Waals surface area (Å²) in [6, 6.07) is 7.83. The summed E-state index contributed by atoms with van der Waals surface area (Å²) in [5, 5.41) is 7.33. The molecule has 2 heterocycles. The van der Waals surface area contributed by atoms with E-state index >= 15 is 0 Å². The fourth-order valence-electron chi connectivity index (χ4n) is 1.92. The molecule has 0 radical (unpaired) electrons. The average molecular weight is 259 g/mol. The monoisotopic (exact) mass is 259 g/mol. The topological polar surface area (TPSA) is 60.2 Å². The van der Waals surface area contributed by atoms with Crippen LogP contribution in [-0.2, 0) is 5.41 Å². The van der Waals surface area contributed by atoms with Gasteiger partial charge in [-0.15, -0.1) is 0 Å².